The number of rotatable bonds is 4. The molecule has 0 aliphatic carbocycles. The van der Waals surface area contributed by atoms with E-state index in [1.54, 1.807) is 20.2 Å². The molecule has 6 nitrogen and oxygen atoms in total. The minimum Gasteiger partial charge on any atom is -0.497 e. The van der Waals surface area contributed by atoms with Crippen molar-refractivity contribution in [1.82, 2.24) is 20.2 Å². The summed E-state index contributed by atoms with van der Waals surface area (Å²) in [4.78, 5) is 11.1. The first-order valence-electron chi connectivity index (χ1n) is 5.28. The molecule has 0 atom stereocenters. The number of nitrogens with zero attached hydrogens (tertiary/aromatic N) is 4. The molecule has 2 rings (SSSR count). The van der Waals surface area contributed by atoms with E-state index in [0.29, 0.717) is 11.4 Å². The van der Waals surface area contributed by atoms with E-state index in [-0.39, 0.29) is 0 Å². The van der Waals surface area contributed by atoms with Crippen molar-refractivity contribution in [3.63, 3.8) is 0 Å². The fourth-order valence-electron chi connectivity index (χ4n) is 1.50. The minimum absolute atomic E-state index is 0.424. The maximum atomic E-state index is 11.1. The van der Waals surface area contributed by atoms with Gasteiger partial charge in [-0.05, 0) is 34.2 Å². The molecule has 6 heteroatoms. The van der Waals surface area contributed by atoms with Crippen LogP contribution in [0, 0.1) is 0 Å². The Morgan fingerprint density at radius 3 is 2.56 bits per heavy atom. The number of aryl methyl sites for hydroxylation is 1. The highest BCUT2D eigenvalue weighted by Gasteiger charge is 2.08. The molecular weight excluding hydrogens is 232 g/mol. The average Bonchev–Trinajstić information content (AvgIpc) is 2.83. The Morgan fingerprint density at radius 2 is 2.06 bits per heavy atom. The Balaban J connectivity index is 2.34. The second-order valence-electron chi connectivity index (χ2n) is 3.62. The van der Waals surface area contributed by atoms with Crippen LogP contribution >= 0.6 is 0 Å². The summed E-state index contributed by atoms with van der Waals surface area (Å²) in [6.45, 7) is 0. The number of aromatic nitrogens is 4. The fraction of sp³-hybridized carbons (Fsp3) is 0.167. The van der Waals surface area contributed by atoms with Crippen molar-refractivity contribution in [3.8, 4) is 5.75 Å². The number of tetrazole rings is 1. The number of allylic oxidation sites excluding steroid dienone is 1. The van der Waals surface area contributed by atoms with Crippen LogP contribution in [0.25, 0.3) is 11.6 Å². The Kier molecular flexibility index (Phi) is 3.47. The molecule has 0 aliphatic rings. The summed E-state index contributed by atoms with van der Waals surface area (Å²) in [6, 6.07) is 7.35. The number of benzene rings is 1. The number of ether oxygens (including phenoxy) is 1. The minimum atomic E-state index is 0.424. The summed E-state index contributed by atoms with van der Waals surface area (Å²) < 4.78 is 6.51. The van der Waals surface area contributed by atoms with Crippen molar-refractivity contribution < 1.29 is 9.53 Å². The van der Waals surface area contributed by atoms with Gasteiger partial charge in [-0.1, -0.05) is 12.1 Å². The van der Waals surface area contributed by atoms with Gasteiger partial charge in [0.25, 0.3) is 0 Å². The van der Waals surface area contributed by atoms with Gasteiger partial charge < -0.3 is 4.74 Å². The molecule has 0 N–H and O–H groups in total. The molecule has 0 aliphatic heterocycles. The van der Waals surface area contributed by atoms with E-state index in [9.17, 15) is 4.79 Å². The summed E-state index contributed by atoms with van der Waals surface area (Å²) in [5.74, 6) is 1.20. The topological polar surface area (TPSA) is 69.9 Å². The highest BCUT2D eigenvalue weighted by molar-refractivity contribution is 6.11. The third-order valence-corrected chi connectivity index (χ3v) is 2.44. The van der Waals surface area contributed by atoms with Crippen LogP contribution in [0.15, 0.2) is 24.3 Å². The van der Waals surface area contributed by atoms with Crippen molar-refractivity contribution in [2.75, 3.05) is 7.11 Å². The maximum absolute atomic E-state index is 11.1. The number of hydrogen-bond acceptors (Lipinski definition) is 5. The highest BCUT2D eigenvalue weighted by Crippen LogP contribution is 2.16. The van der Waals surface area contributed by atoms with E-state index in [2.05, 4.69) is 15.5 Å². The van der Waals surface area contributed by atoms with Gasteiger partial charge in [0.05, 0.1) is 12.7 Å². The Morgan fingerprint density at radius 1 is 1.33 bits per heavy atom. The molecule has 0 amide bonds. The quantitative estimate of drug-likeness (QED) is 0.591. The van der Waals surface area contributed by atoms with E-state index in [1.165, 1.54) is 4.68 Å². The van der Waals surface area contributed by atoms with Crippen LogP contribution in [0.4, 0.5) is 0 Å². The van der Waals surface area contributed by atoms with Crippen LogP contribution in [0.5, 0.6) is 5.75 Å². The van der Waals surface area contributed by atoms with Gasteiger partial charge in [0.1, 0.15) is 5.75 Å². The first-order chi connectivity index (χ1) is 8.74. The largest absolute Gasteiger partial charge is 0.497 e. The molecule has 18 heavy (non-hydrogen) atoms. The lowest BCUT2D eigenvalue weighted by molar-refractivity contribution is -0.103. The highest BCUT2D eigenvalue weighted by atomic mass is 16.5. The van der Waals surface area contributed by atoms with Crippen LogP contribution in [0.1, 0.15) is 11.4 Å². The van der Waals surface area contributed by atoms with Crippen molar-refractivity contribution in [2.24, 2.45) is 7.05 Å². The molecular formula is C12H12N4O2. The van der Waals surface area contributed by atoms with Crippen molar-refractivity contribution in [1.29, 1.82) is 0 Å². The van der Waals surface area contributed by atoms with Crippen LogP contribution in [0.3, 0.4) is 0 Å². The van der Waals surface area contributed by atoms with E-state index < -0.39 is 0 Å². The second-order valence-corrected chi connectivity index (χ2v) is 3.62. The molecule has 0 radical (unpaired) electrons. The SMILES string of the molecule is COc1ccc(C=C(C=O)c2nnnn2C)cc1. The fourth-order valence-corrected chi connectivity index (χ4v) is 1.50. The zero-order chi connectivity index (χ0) is 13.0. The molecule has 1 heterocycles. The lowest BCUT2D eigenvalue weighted by atomic mass is 10.1. The van der Waals surface area contributed by atoms with Crippen LogP contribution in [-0.2, 0) is 11.8 Å². The third-order valence-electron chi connectivity index (χ3n) is 2.44. The lowest BCUT2D eigenvalue weighted by Gasteiger charge is -2.01. The first kappa shape index (κ1) is 12.0. The molecule has 0 fully saturated rings. The first-order valence-corrected chi connectivity index (χ1v) is 5.28. The van der Waals surface area contributed by atoms with Crippen LogP contribution in [-0.4, -0.2) is 33.6 Å². The zero-order valence-corrected chi connectivity index (χ0v) is 10.1. The number of carbonyl (C=O) groups excluding carboxylic acids is 1. The summed E-state index contributed by atoms with van der Waals surface area (Å²) in [6.07, 6.45) is 2.45. The van der Waals surface area contributed by atoms with E-state index in [0.717, 1.165) is 17.6 Å². The van der Waals surface area contributed by atoms with Gasteiger partial charge in [0.15, 0.2) is 12.1 Å². The van der Waals surface area contributed by atoms with Gasteiger partial charge in [-0.25, -0.2) is 4.68 Å². The average molecular weight is 244 g/mol. The Labute approximate surface area is 104 Å². The summed E-state index contributed by atoms with van der Waals surface area (Å²) >= 11 is 0. The molecule has 0 bridgehead atoms. The Bertz CT molecular complexity index is 572. The summed E-state index contributed by atoms with van der Waals surface area (Å²) in [5.41, 5.74) is 1.30. The van der Waals surface area contributed by atoms with Gasteiger partial charge in [0, 0.05) is 7.05 Å². The van der Waals surface area contributed by atoms with Crippen LogP contribution in [0.2, 0.25) is 0 Å². The predicted molar refractivity (Wildman–Crippen MR) is 65.7 cm³/mol. The number of hydrogen-bond donors (Lipinski definition) is 0. The molecule has 0 saturated carbocycles. The number of aldehydes is 1. The van der Waals surface area contributed by atoms with E-state index >= 15 is 0 Å². The zero-order valence-electron chi connectivity index (χ0n) is 10.1. The standard InChI is InChI=1S/C12H12N4O2/c1-16-12(13-14-15-16)10(8-17)7-9-3-5-11(18-2)6-4-9/h3-8H,1-2H3. The second kappa shape index (κ2) is 5.22. The van der Waals surface area contributed by atoms with Crippen molar-refractivity contribution in [3.05, 3.63) is 35.7 Å². The van der Waals surface area contributed by atoms with E-state index in [4.69, 9.17) is 4.74 Å². The lowest BCUT2D eigenvalue weighted by Crippen LogP contribution is -1.99. The molecule has 92 valence electrons. The molecule has 0 spiro atoms. The van der Waals surface area contributed by atoms with Gasteiger partial charge in [-0.3, -0.25) is 4.79 Å². The van der Waals surface area contributed by atoms with Gasteiger partial charge in [-0.15, -0.1) is 5.10 Å². The molecule has 1 aromatic carbocycles. The smallest absolute Gasteiger partial charge is 0.185 e. The molecule has 0 unspecified atom stereocenters. The van der Waals surface area contributed by atoms with E-state index in [1.807, 2.05) is 24.3 Å². The molecule has 0 saturated heterocycles. The predicted octanol–water partition coefficient (Wildman–Crippen LogP) is 0.958. The normalized spacial score (nSPS) is 11.3. The van der Waals surface area contributed by atoms with Gasteiger partial charge >= 0.3 is 0 Å². The van der Waals surface area contributed by atoms with Crippen LogP contribution < -0.4 is 4.74 Å². The monoisotopic (exact) mass is 244 g/mol. The van der Waals surface area contributed by atoms with Gasteiger partial charge in [0.2, 0.25) is 0 Å². The molecule has 1 aromatic heterocycles. The maximum Gasteiger partial charge on any atom is 0.185 e. The summed E-state index contributed by atoms with van der Waals surface area (Å²) in [5, 5.41) is 11.0. The number of methoxy groups -OCH3 is 1. The Hall–Kier alpha value is -2.50. The third kappa shape index (κ3) is 2.42. The van der Waals surface area contributed by atoms with Crippen molar-refractivity contribution >= 4 is 17.9 Å². The van der Waals surface area contributed by atoms with Gasteiger partial charge in [-0.2, -0.15) is 0 Å². The van der Waals surface area contributed by atoms with Crippen molar-refractivity contribution in [2.45, 2.75) is 0 Å². The molecule has 2 aromatic rings. The summed E-state index contributed by atoms with van der Waals surface area (Å²) in [7, 11) is 3.29. The number of carbonyl (C=O) groups is 1.